The number of anilines is 3. The number of ether oxygens (including phenoxy) is 1. The Morgan fingerprint density at radius 2 is 1.38 bits per heavy atom. The molecule has 2 rings (SSSR count). The Morgan fingerprint density at radius 3 is 1.88 bits per heavy atom. The van der Waals surface area contributed by atoms with Gasteiger partial charge in [-0.25, -0.2) is 5.06 Å². The first-order valence-electron chi connectivity index (χ1n) is 15.5. The van der Waals surface area contributed by atoms with Gasteiger partial charge in [0.1, 0.15) is 13.0 Å². The average Bonchev–Trinajstić information content (AvgIpc) is 3.25. The maximum Gasteiger partial charge on any atom is 0.350 e. The van der Waals surface area contributed by atoms with E-state index in [9.17, 15) is 9.36 Å². The molecular formula is C28H54N5O6P. The smallest absolute Gasteiger partial charge is 0.350 e. The molecule has 0 radical (unpaired) electrons. The monoisotopic (exact) mass is 587 g/mol. The van der Waals surface area contributed by atoms with Gasteiger partial charge in [-0.15, -0.1) is 0 Å². The van der Waals surface area contributed by atoms with Crippen LogP contribution < -0.4 is 21.3 Å². The fraction of sp³-hybridized carbons (Fsp3) is 0.857. The first-order valence-corrected chi connectivity index (χ1v) is 17.3. The van der Waals surface area contributed by atoms with Gasteiger partial charge in [0.15, 0.2) is 11.5 Å². The molecule has 1 aromatic heterocycles. The first-order chi connectivity index (χ1) is 19.3. The Hall–Kier alpha value is -1.65. The largest absolute Gasteiger partial charge is 0.369 e. The maximum atomic E-state index is 13.1. The van der Waals surface area contributed by atoms with Crippen molar-refractivity contribution in [2.75, 3.05) is 48.5 Å². The van der Waals surface area contributed by atoms with Crippen LogP contribution in [0.3, 0.4) is 0 Å². The Morgan fingerprint density at radius 1 is 0.850 bits per heavy atom. The summed E-state index contributed by atoms with van der Waals surface area (Å²) in [6.07, 6.45) is 20.2. The van der Waals surface area contributed by atoms with E-state index in [4.69, 9.17) is 25.1 Å². The Kier molecular flexibility index (Phi) is 16.8. The van der Waals surface area contributed by atoms with Crippen molar-refractivity contribution in [3.63, 3.8) is 0 Å². The second-order valence-corrected chi connectivity index (χ2v) is 12.4. The highest BCUT2D eigenvalue weighted by atomic mass is 31.2. The van der Waals surface area contributed by atoms with Crippen molar-refractivity contribution in [3.8, 4) is 0 Å². The Bertz CT molecular complexity index is 941. The molecule has 1 aliphatic heterocycles. The lowest BCUT2D eigenvalue weighted by Gasteiger charge is -2.20. The third-order valence-electron chi connectivity index (χ3n) is 7.33. The molecule has 0 saturated carbocycles. The average molecular weight is 588 g/mol. The highest BCUT2D eigenvalue weighted by Crippen LogP contribution is 2.34. The van der Waals surface area contributed by atoms with Crippen LogP contribution >= 0.6 is 7.60 Å². The van der Waals surface area contributed by atoms with Gasteiger partial charge in [-0.05, 0) is 13.3 Å². The van der Waals surface area contributed by atoms with Gasteiger partial charge in [-0.2, -0.15) is 4.98 Å². The molecule has 0 atom stereocenters. The number of aromatic nitrogens is 2. The second-order valence-electron chi connectivity index (χ2n) is 10.8. The number of hydrogen-bond donors (Lipinski definition) is 3. The summed E-state index contributed by atoms with van der Waals surface area (Å²) in [5, 5.41) is 1.56. The molecular weight excluding hydrogens is 533 g/mol. The van der Waals surface area contributed by atoms with Gasteiger partial charge in [0.25, 0.3) is 5.56 Å². The number of unbranched alkanes of at least 4 members (excludes halogenated alkanes) is 15. The van der Waals surface area contributed by atoms with Gasteiger partial charge in [0.2, 0.25) is 5.95 Å². The van der Waals surface area contributed by atoms with Crippen molar-refractivity contribution < 1.29 is 23.9 Å². The SMILES string of the molecule is CCCCCCCCCCCCCCCCCCON1CN(CCOCP(=O)(O)O)c2nc(N)n(CC)c(=O)c21. The molecule has 40 heavy (non-hydrogen) atoms. The van der Waals surface area contributed by atoms with Gasteiger partial charge in [-0.3, -0.25) is 18.8 Å². The van der Waals surface area contributed by atoms with Crippen LogP contribution in [0.25, 0.3) is 0 Å². The fourth-order valence-corrected chi connectivity index (χ4v) is 5.42. The number of nitrogen functional groups attached to an aromatic ring is 1. The van der Waals surface area contributed by atoms with Crippen LogP contribution in [0.5, 0.6) is 0 Å². The topological polar surface area (TPSA) is 143 Å². The number of rotatable bonds is 24. The zero-order valence-electron chi connectivity index (χ0n) is 24.9. The van der Waals surface area contributed by atoms with Crippen LogP contribution in [0.2, 0.25) is 0 Å². The predicted octanol–water partition coefficient (Wildman–Crippen LogP) is 5.77. The summed E-state index contributed by atoms with van der Waals surface area (Å²) in [5.41, 5.74) is 6.07. The third kappa shape index (κ3) is 12.9. The molecule has 0 saturated heterocycles. The summed E-state index contributed by atoms with van der Waals surface area (Å²) in [6.45, 7) is 5.60. The van der Waals surface area contributed by atoms with E-state index < -0.39 is 13.9 Å². The number of hydrogen-bond acceptors (Lipinski definition) is 8. The van der Waals surface area contributed by atoms with Gasteiger partial charge < -0.3 is 25.2 Å². The molecule has 0 spiro atoms. The quantitative estimate of drug-likeness (QED) is 0.101. The van der Waals surface area contributed by atoms with Crippen molar-refractivity contribution in [3.05, 3.63) is 10.4 Å². The van der Waals surface area contributed by atoms with Crippen LogP contribution in [-0.4, -0.2) is 52.1 Å². The minimum Gasteiger partial charge on any atom is -0.369 e. The lowest BCUT2D eigenvalue weighted by molar-refractivity contribution is 0.106. The zero-order valence-corrected chi connectivity index (χ0v) is 25.8. The van der Waals surface area contributed by atoms with E-state index >= 15 is 0 Å². The number of hydroxylamine groups is 1. The predicted molar refractivity (Wildman–Crippen MR) is 162 cm³/mol. The molecule has 0 bridgehead atoms. The third-order valence-corrected chi connectivity index (χ3v) is 7.85. The molecule has 0 unspecified atom stereocenters. The van der Waals surface area contributed by atoms with Gasteiger partial charge >= 0.3 is 7.60 Å². The van der Waals surface area contributed by atoms with Crippen LogP contribution in [0.1, 0.15) is 117 Å². The summed E-state index contributed by atoms with van der Waals surface area (Å²) in [5.74, 6) is 0.519. The van der Waals surface area contributed by atoms with E-state index in [2.05, 4.69) is 11.9 Å². The zero-order chi connectivity index (χ0) is 29.2. The molecule has 4 N–H and O–H groups in total. The highest BCUT2D eigenvalue weighted by molar-refractivity contribution is 7.51. The second kappa shape index (κ2) is 19.5. The minimum absolute atomic E-state index is 0.0654. The van der Waals surface area contributed by atoms with Crippen LogP contribution in [0.15, 0.2) is 4.79 Å². The van der Waals surface area contributed by atoms with Crippen LogP contribution in [0, 0.1) is 0 Å². The number of nitrogens with two attached hydrogens (primary N) is 1. The molecule has 11 nitrogen and oxygen atoms in total. The maximum absolute atomic E-state index is 13.1. The van der Waals surface area contributed by atoms with Crippen LogP contribution in [-0.2, 0) is 20.7 Å². The summed E-state index contributed by atoms with van der Waals surface area (Å²) >= 11 is 0. The lowest BCUT2D eigenvalue weighted by atomic mass is 10.0. The highest BCUT2D eigenvalue weighted by Gasteiger charge is 2.33. The molecule has 0 aliphatic carbocycles. The van der Waals surface area contributed by atoms with E-state index in [1.165, 1.54) is 94.5 Å². The van der Waals surface area contributed by atoms with E-state index in [1.807, 2.05) is 6.92 Å². The number of fused-ring (bicyclic) bond motifs is 1. The first kappa shape index (κ1) is 34.6. The van der Waals surface area contributed by atoms with E-state index in [-0.39, 0.29) is 31.3 Å². The number of nitrogens with zero attached hydrogens (tertiary/aromatic N) is 4. The van der Waals surface area contributed by atoms with Crippen molar-refractivity contribution in [2.24, 2.45) is 0 Å². The Balaban J connectivity index is 1.63. The Labute approximate surface area is 240 Å². The molecule has 0 fully saturated rings. The summed E-state index contributed by atoms with van der Waals surface area (Å²) in [7, 11) is -4.24. The van der Waals surface area contributed by atoms with Crippen LogP contribution in [0.4, 0.5) is 17.5 Å². The van der Waals surface area contributed by atoms with Crippen molar-refractivity contribution >= 4 is 25.0 Å². The van der Waals surface area contributed by atoms with Gasteiger partial charge in [0, 0.05) is 13.1 Å². The van der Waals surface area contributed by atoms with Gasteiger partial charge in [-0.1, -0.05) is 103 Å². The molecule has 1 aromatic rings. The van der Waals surface area contributed by atoms with Crippen molar-refractivity contribution in [1.82, 2.24) is 9.55 Å². The fourth-order valence-electron chi connectivity index (χ4n) is 5.05. The summed E-state index contributed by atoms with van der Waals surface area (Å²) in [6, 6.07) is 0. The molecule has 1 aliphatic rings. The van der Waals surface area contributed by atoms with Gasteiger partial charge in [0.05, 0.1) is 13.2 Å². The molecule has 0 aromatic carbocycles. The molecule has 232 valence electrons. The van der Waals surface area contributed by atoms with E-state index in [0.29, 0.717) is 24.7 Å². The minimum atomic E-state index is -4.24. The van der Waals surface area contributed by atoms with E-state index in [1.54, 1.807) is 9.96 Å². The summed E-state index contributed by atoms with van der Waals surface area (Å²) in [4.78, 5) is 43.2. The molecule has 2 heterocycles. The summed E-state index contributed by atoms with van der Waals surface area (Å²) < 4.78 is 17.5. The molecule has 0 amide bonds. The van der Waals surface area contributed by atoms with Crippen molar-refractivity contribution in [2.45, 2.75) is 123 Å². The van der Waals surface area contributed by atoms with E-state index in [0.717, 1.165) is 12.8 Å². The molecule has 12 heteroatoms. The lowest BCUT2D eigenvalue weighted by Crippen LogP contribution is -2.35. The van der Waals surface area contributed by atoms with Crippen molar-refractivity contribution in [1.29, 1.82) is 0 Å². The normalized spacial score (nSPS) is 13.4. The standard InChI is InChI=1S/C28H54N5O6P/c1-3-5-6-7-8-9-10-11-12-13-14-15-16-17-18-19-21-39-33-23-31(20-22-38-24-40(35,36)37)26-25(33)27(34)32(4-2)28(29)30-26/h3-24H2,1-2H3,(H2,29,30)(H2,35,36,37).